The van der Waals surface area contributed by atoms with Gasteiger partial charge in [-0.1, -0.05) is 72.3 Å². The molecule has 1 aromatic heterocycles. The molecule has 1 heterocycles. The predicted octanol–water partition coefficient (Wildman–Crippen LogP) is 8.25. The number of hydrogen-bond donors (Lipinski definition) is 2. The maximum absolute atomic E-state index is 12.3. The van der Waals surface area contributed by atoms with Gasteiger partial charge in [-0.05, 0) is 84.6 Å². The summed E-state index contributed by atoms with van der Waals surface area (Å²) in [5.74, 6) is -1.17. The molecule has 0 aliphatic heterocycles. The van der Waals surface area contributed by atoms with Crippen LogP contribution in [0.2, 0.25) is 5.02 Å². The Kier molecular flexibility index (Phi) is 8.52. The third kappa shape index (κ3) is 6.34. The number of aliphatic carboxylic acids is 1. The number of carboxylic acids is 1. The van der Waals surface area contributed by atoms with Gasteiger partial charge in [0, 0.05) is 15.2 Å². The highest BCUT2D eigenvalue weighted by molar-refractivity contribution is 7.81. The average Bonchev–Trinajstić information content (AvgIpc) is 3.76. The molecule has 3 aromatic carbocycles. The number of benzene rings is 3. The summed E-state index contributed by atoms with van der Waals surface area (Å²) in [6, 6.07) is 25.3. The fraction of sp³-hybridized carbons (Fsp3) is 0.265. The van der Waals surface area contributed by atoms with Gasteiger partial charge in [0.05, 0.1) is 30.3 Å². The average molecular weight is 586 g/mol. The second kappa shape index (κ2) is 12.1. The minimum absolute atomic E-state index is 0.0683. The Labute approximate surface area is 250 Å². The number of rotatable bonds is 11. The van der Waals surface area contributed by atoms with Crippen LogP contribution in [0.4, 0.5) is 0 Å². The largest absolute Gasteiger partial charge is 0.481 e. The van der Waals surface area contributed by atoms with E-state index in [1.54, 1.807) is 6.07 Å². The molecule has 1 aliphatic carbocycles. The Morgan fingerprint density at radius 3 is 2.59 bits per heavy atom. The molecule has 5 rings (SSSR count). The molecule has 0 radical (unpaired) electrons. The van der Waals surface area contributed by atoms with Crippen molar-refractivity contribution < 1.29 is 19.4 Å². The molecule has 0 spiro atoms. The van der Waals surface area contributed by atoms with Crippen LogP contribution < -0.4 is 0 Å². The van der Waals surface area contributed by atoms with Crippen LogP contribution in [-0.2, 0) is 20.7 Å². The van der Waals surface area contributed by atoms with E-state index in [2.05, 4.69) is 6.07 Å². The summed E-state index contributed by atoms with van der Waals surface area (Å²) in [6.45, 7) is 0. The van der Waals surface area contributed by atoms with Gasteiger partial charge in [0.25, 0.3) is 0 Å². The molecule has 1 saturated carbocycles. The van der Waals surface area contributed by atoms with Crippen molar-refractivity contribution in [2.75, 3.05) is 7.11 Å². The van der Waals surface area contributed by atoms with Gasteiger partial charge in [-0.3, -0.25) is 4.79 Å². The highest BCUT2D eigenvalue weighted by Gasteiger charge is 2.58. The molecule has 41 heavy (non-hydrogen) atoms. The molecular weight excluding hydrogens is 554 g/mol. The number of esters is 1. The molecule has 4 aromatic rings. The van der Waals surface area contributed by atoms with Crippen molar-refractivity contribution in [3.63, 3.8) is 0 Å². The number of nitrogens with zero attached hydrogens (tertiary/aromatic N) is 1. The standard InChI is InChI=1S/C34H32ClNO4S/c1-40-32(39)29-10-3-2-7-24(29)8-5-17-34(41,33(18-19-33)22-31(37)38)26-9-4-6-23(20-26)11-15-28-16-13-25-12-14-27(35)21-30(25)36-28/h2-4,6-7,9-16,20-21,41H,5,8,17-19,22H2,1H3,(H,37,38)/t34-/m0/s1. The number of aryl methyl sites for hydroxylation is 1. The van der Waals surface area contributed by atoms with E-state index >= 15 is 0 Å². The second-order valence-electron chi connectivity index (χ2n) is 10.7. The van der Waals surface area contributed by atoms with Crippen molar-refractivity contribution in [3.05, 3.63) is 112 Å². The van der Waals surface area contributed by atoms with Gasteiger partial charge in [0.2, 0.25) is 0 Å². The zero-order valence-corrected chi connectivity index (χ0v) is 24.5. The minimum Gasteiger partial charge on any atom is -0.481 e. The summed E-state index contributed by atoms with van der Waals surface area (Å²) < 4.78 is 4.31. The SMILES string of the molecule is COC(=O)c1ccccc1CCC[C@](S)(c1cccc(C=Cc2ccc3ccc(Cl)cc3n2)c1)C1(CC(=O)O)CC1. The number of hydrogen-bond acceptors (Lipinski definition) is 5. The van der Waals surface area contributed by atoms with Gasteiger partial charge in [-0.2, -0.15) is 12.6 Å². The third-order valence-electron chi connectivity index (χ3n) is 8.11. The van der Waals surface area contributed by atoms with E-state index in [-0.39, 0.29) is 12.4 Å². The Morgan fingerprint density at radius 1 is 1.05 bits per heavy atom. The molecule has 0 saturated heterocycles. The fourth-order valence-electron chi connectivity index (χ4n) is 5.75. The van der Waals surface area contributed by atoms with Crippen molar-refractivity contribution in [2.24, 2.45) is 5.41 Å². The van der Waals surface area contributed by atoms with Crippen molar-refractivity contribution in [2.45, 2.75) is 43.3 Å². The van der Waals surface area contributed by atoms with E-state index in [9.17, 15) is 14.7 Å². The molecule has 0 bridgehead atoms. The number of carbonyl (C=O) groups is 2. The van der Waals surface area contributed by atoms with E-state index in [4.69, 9.17) is 34.0 Å². The van der Waals surface area contributed by atoms with Gasteiger partial charge in [0.1, 0.15) is 0 Å². The highest BCUT2D eigenvalue weighted by Crippen LogP contribution is 2.65. The smallest absolute Gasteiger partial charge is 0.338 e. The number of carboxylic acid groups (broad SMARTS) is 1. The summed E-state index contributed by atoms with van der Waals surface area (Å²) in [4.78, 5) is 28.9. The van der Waals surface area contributed by atoms with Crippen LogP contribution in [0.25, 0.3) is 23.1 Å². The summed E-state index contributed by atoms with van der Waals surface area (Å²) in [6.07, 6.45) is 7.73. The van der Waals surface area contributed by atoms with Crippen molar-refractivity contribution in [1.82, 2.24) is 4.98 Å². The first kappa shape index (κ1) is 28.9. The van der Waals surface area contributed by atoms with E-state index in [1.807, 2.05) is 78.9 Å². The third-order valence-corrected chi connectivity index (χ3v) is 9.31. The molecule has 5 nitrogen and oxygen atoms in total. The molecule has 1 atom stereocenters. The van der Waals surface area contributed by atoms with Gasteiger partial charge in [-0.25, -0.2) is 9.78 Å². The number of pyridine rings is 1. The normalized spacial score (nSPS) is 15.5. The minimum atomic E-state index is -0.810. The van der Waals surface area contributed by atoms with Crippen LogP contribution in [0.1, 0.15) is 64.8 Å². The Morgan fingerprint density at radius 2 is 1.83 bits per heavy atom. The zero-order chi connectivity index (χ0) is 29.0. The molecule has 7 heteroatoms. The van der Waals surface area contributed by atoms with Gasteiger partial charge in [-0.15, -0.1) is 0 Å². The van der Waals surface area contributed by atoms with Crippen LogP contribution in [0.3, 0.4) is 0 Å². The van der Waals surface area contributed by atoms with Crippen LogP contribution >= 0.6 is 24.2 Å². The lowest BCUT2D eigenvalue weighted by atomic mass is 9.76. The van der Waals surface area contributed by atoms with E-state index in [1.165, 1.54) is 7.11 Å². The van der Waals surface area contributed by atoms with E-state index in [0.29, 0.717) is 23.4 Å². The number of methoxy groups -OCH3 is 1. The summed E-state index contributed by atoms with van der Waals surface area (Å²) >= 11 is 11.4. The molecule has 0 amide bonds. The number of ether oxygens (including phenoxy) is 1. The van der Waals surface area contributed by atoms with Gasteiger partial charge >= 0.3 is 11.9 Å². The lowest BCUT2D eigenvalue weighted by Gasteiger charge is -2.38. The molecule has 1 aliphatic rings. The Hall–Kier alpha value is -3.61. The number of fused-ring (bicyclic) bond motifs is 1. The van der Waals surface area contributed by atoms with Crippen molar-refractivity contribution in [1.29, 1.82) is 0 Å². The van der Waals surface area contributed by atoms with Gasteiger partial charge < -0.3 is 9.84 Å². The fourth-order valence-corrected chi connectivity index (χ4v) is 6.52. The van der Waals surface area contributed by atoms with Crippen LogP contribution in [0.15, 0.2) is 78.9 Å². The van der Waals surface area contributed by atoms with E-state index in [0.717, 1.165) is 52.5 Å². The first-order chi connectivity index (χ1) is 19.7. The number of aromatic nitrogens is 1. The van der Waals surface area contributed by atoms with Crippen molar-refractivity contribution >= 4 is 59.2 Å². The first-order valence-corrected chi connectivity index (χ1v) is 14.5. The summed E-state index contributed by atoms with van der Waals surface area (Å²) in [7, 11) is 1.38. The second-order valence-corrected chi connectivity index (χ2v) is 11.9. The van der Waals surface area contributed by atoms with Crippen LogP contribution in [0.5, 0.6) is 0 Å². The Bertz CT molecular complexity index is 1630. The number of halogens is 1. The van der Waals surface area contributed by atoms with Crippen LogP contribution in [-0.4, -0.2) is 29.1 Å². The molecular formula is C34H32ClNO4S. The molecule has 0 unspecified atom stereocenters. The van der Waals surface area contributed by atoms with Crippen molar-refractivity contribution in [3.8, 4) is 0 Å². The lowest BCUT2D eigenvalue weighted by molar-refractivity contribution is -0.138. The van der Waals surface area contributed by atoms with E-state index < -0.39 is 16.1 Å². The number of carbonyl (C=O) groups excluding carboxylic acids is 1. The Balaban J connectivity index is 1.41. The lowest BCUT2D eigenvalue weighted by Crippen LogP contribution is -2.33. The monoisotopic (exact) mass is 585 g/mol. The van der Waals surface area contributed by atoms with Crippen LogP contribution in [0, 0.1) is 5.41 Å². The summed E-state index contributed by atoms with van der Waals surface area (Å²) in [5.41, 5.74) is 4.68. The maximum atomic E-state index is 12.3. The maximum Gasteiger partial charge on any atom is 0.338 e. The first-order valence-electron chi connectivity index (χ1n) is 13.7. The highest BCUT2D eigenvalue weighted by atomic mass is 35.5. The predicted molar refractivity (Wildman–Crippen MR) is 167 cm³/mol. The molecule has 1 fully saturated rings. The molecule has 210 valence electrons. The van der Waals surface area contributed by atoms with Gasteiger partial charge in [0.15, 0.2) is 0 Å². The molecule has 1 N–H and O–H groups in total. The number of thiol groups is 1. The quantitative estimate of drug-likeness (QED) is 0.137. The summed E-state index contributed by atoms with van der Waals surface area (Å²) in [5, 5.41) is 11.4. The zero-order valence-electron chi connectivity index (χ0n) is 22.8. The topological polar surface area (TPSA) is 76.5 Å².